The average Bonchev–Trinajstić information content (AvgIpc) is 3.03. The number of nitrogens with zero attached hydrogens (tertiary/aromatic N) is 5. The molecule has 0 unspecified atom stereocenters. The molecule has 29 heavy (non-hydrogen) atoms. The Kier molecular flexibility index (Phi) is 5.59. The number of amides is 1. The first-order valence-electron chi connectivity index (χ1n) is 8.33. The van der Waals surface area contributed by atoms with Crippen molar-refractivity contribution in [3.63, 3.8) is 0 Å². The number of pyridine rings is 1. The standard InChI is InChI=1S/C17H19ClN7O3P/c1-25-14(29(3,4)27)6-10(24-25)9-7-20-8-12(16(9)28-2)21-11-5-13(18)22-23-15(11)17(19)26/h5-8H,1-4H3,(H2,19,26)(H,21,22). The number of anilines is 2. The van der Waals surface area contributed by atoms with Gasteiger partial charge in [-0.25, -0.2) is 0 Å². The summed E-state index contributed by atoms with van der Waals surface area (Å²) >= 11 is 5.90. The number of halogens is 1. The van der Waals surface area contributed by atoms with Crippen molar-refractivity contribution in [3.05, 3.63) is 35.4 Å². The van der Waals surface area contributed by atoms with Crippen molar-refractivity contribution in [1.82, 2.24) is 25.0 Å². The topological polar surface area (TPSA) is 138 Å². The second-order valence-corrected chi connectivity index (χ2v) is 10.1. The Bertz CT molecular complexity index is 1140. The summed E-state index contributed by atoms with van der Waals surface area (Å²) in [6.07, 6.45) is 3.09. The first-order valence-corrected chi connectivity index (χ1v) is 11.3. The number of hydrogen-bond donors (Lipinski definition) is 2. The quantitative estimate of drug-likeness (QED) is 0.561. The van der Waals surface area contributed by atoms with E-state index in [0.29, 0.717) is 28.1 Å². The van der Waals surface area contributed by atoms with Gasteiger partial charge in [0, 0.05) is 19.3 Å². The summed E-state index contributed by atoms with van der Waals surface area (Å²) in [6.45, 7) is 3.35. The average molecular weight is 436 g/mol. The number of primary amides is 1. The minimum absolute atomic E-state index is 0.0802. The fraction of sp³-hybridized carbons (Fsp3) is 0.235. The third-order valence-electron chi connectivity index (χ3n) is 4.05. The third kappa shape index (κ3) is 4.23. The normalized spacial score (nSPS) is 11.3. The van der Waals surface area contributed by atoms with Crippen LogP contribution in [0.3, 0.4) is 0 Å². The smallest absolute Gasteiger partial charge is 0.271 e. The largest absolute Gasteiger partial charge is 0.494 e. The van der Waals surface area contributed by atoms with Crippen molar-refractivity contribution < 1.29 is 14.1 Å². The van der Waals surface area contributed by atoms with E-state index in [1.165, 1.54) is 19.4 Å². The fourth-order valence-electron chi connectivity index (χ4n) is 2.82. The lowest BCUT2D eigenvalue weighted by atomic mass is 10.1. The maximum absolute atomic E-state index is 12.5. The minimum atomic E-state index is -2.53. The molecule has 0 radical (unpaired) electrons. The highest BCUT2D eigenvalue weighted by Gasteiger charge is 2.22. The Morgan fingerprint density at radius 2 is 1.97 bits per heavy atom. The third-order valence-corrected chi connectivity index (χ3v) is 5.76. The highest BCUT2D eigenvalue weighted by atomic mass is 35.5. The molecule has 1 amide bonds. The van der Waals surface area contributed by atoms with Gasteiger partial charge in [-0.05, 0) is 19.4 Å². The van der Waals surface area contributed by atoms with Gasteiger partial charge in [0.1, 0.15) is 12.8 Å². The van der Waals surface area contributed by atoms with E-state index in [4.69, 9.17) is 22.1 Å². The molecule has 0 fully saturated rings. The molecule has 0 saturated carbocycles. The number of carbonyl (C=O) groups is 1. The van der Waals surface area contributed by atoms with E-state index in [1.807, 2.05) is 0 Å². The molecule has 0 aliphatic rings. The van der Waals surface area contributed by atoms with Gasteiger partial charge in [-0.15, -0.1) is 10.2 Å². The Hall–Kier alpha value is -2.97. The summed E-state index contributed by atoms with van der Waals surface area (Å²) in [6, 6.07) is 3.16. The van der Waals surface area contributed by atoms with Crippen LogP contribution < -0.4 is 21.2 Å². The van der Waals surface area contributed by atoms with Gasteiger partial charge in [-0.3, -0.25) is 14.5 Å². The van der Waals surface area contributed by atoms with E-state index in [0.717, 1.165) is 0 Å². The number of hydrogen-bond acceptors (Lipinski definition) is 8. The van der Waals surface area contributed by atoms with E-state index in [1.54, 1.807) is 37.3 Å². The van der Waals surface area contributed by atoms with E-state index >= 15 is 0 Å². The van der Waals surface area contributed by atoms with Crippen LogP contribution in [0.4, 0.5) is 11.4 Å². The van der Waals surface area contributed by atoms with Crippen LogP contribution in [0.1, 0.15) is 10.5 Å². The van der Waals surface area contributed by atoms with Crippen LogP contribution in [0, 0.1) is 0 Å². The van der Waals surface area contributed by atoms with Crippen molar-refractivity contribution in [3.8, 4) is 17.0 Å². The van der Waals surface area contributed by atoms with Gasteiger partial charge in [-0.1, -0.05) is 11.6 Å². The SMILES string of the molecule is COc1c(Nc2cc(Cl)nnc2C(N)=O)cncc1-c1cc(P(C)(C)=O)n(C)n1. The zero-order chi connectivity index (χ0) is 21.3. The van der Waals surface area contributed by atoms with E-state index in [9.17, 15) is 9.36 Å². The molecule has 3 heterocycles. The Morgan fingerprint density at radius 3 is 2.55 bits per heavy atom. The van der Waals surface area contributed by atoms with E-state index < -0.39 is 13.0 Å². The lowest BCUT2D eigenvalue weighted by Crippen LogP contribution is -2.16. The van der Waals surface area contributed by atoms with Crippen molar-refractivity contribution >= 4 is 41.5 Å². The van der Waals surface area contributed by atoms with Crippen molar-refractivity contribution in [1.29, 1.82) is 0 Å². The molecule has 3 N–H and O–H groups in total. The molecule has 0 aliphatic heterocycles. The van der Waals surface area contributed by atoms with Crippen LogP contribution in [0.25, 0.3) is 11.3 Å². The summed E-state index contributed by atoms with van der Waals surface area (Å²) in [7, 11) is 0.691. The van der Waals surface area contributed by atoms with Crippen LogP contribution in [-0.2, 0) is 11.6 Å². The Balaban J connectivity index is 2.10. The Labute approximate surface area is 171 Å². The Morgan fingerprint density at radius 1 is 1.24 bits per heavy atom. The molecular formula is C17H19ClN7O3P. The number of methoxy groups -OCH3 is 1. The zero-order valence-electron chi connectivity index (χ0n) is 16.2. The van der Waals surface area contributed by atoms with Gasteiger partial charge in [0.2, 0.25) is 0 Å². The van der Waals surface area contributed by atoms with E-state index in [-0.39, 0.29) is 16.5 Å². The summed E-state index contributed by atoms with van der Waals surface area (Å²) in [5, 5.41) is 14.9. The fourth-order valence-corrected chi connectivity index (χ4v) is 4.15. The monoisotopic (exact) mass is 435 g/mol. The second-order valence-electron chi connectivity index (χ2n) is 6.55. The number of aryl methyl sites for hydroxylation is 1. The summed E-state index contributed by atoms with van der Waals surface area (Å²) in [5.41, 5.74) is 7.69. The maximum atomic E-state index is 12.5. The van der Waals surface area contributed by atoms with Crippen LogP contribution in [0.5, 0.6) is 5.75 Å². The summed E-state index contributed by atoms with van der Waals surface area (Å²) < 4.78 is 19.6. The first kappa shape index (κ1) is 20.8. The van der Waals surface area contributed by atoms with Crippen molar-refractivity contribution in [2.45, 2.75) is 0 Å². The number of ether oxygens (including phenoxy) is 1. The number of nitrogens with one attached hydrogen (secondary N) is 1. The van der Waals surface area contributed by atoms with Crippen LogP contribution in [0.2, 0.25) is 5.15 Å². The van der Waals surface area contributed by atoms with Gasteiger partial charge in [0.15, 0.2) is 16.6 Å². The highest BCUT2D eigenvalue weighted by molar-refractivity contribution is 7.69. The van der Waals surface area contributed by atoms with E-state index in [2.05, 4.69) is 25.6 Å². The lowest BCUT2D eigenvalue weighted by Gasteiger charge is -2.14. The molecule has 0 aliphatic carbocycles. The van der Waals surface area contributed by atoms with Crippen LogP contribution in [0.15, 0.2) is 24.5 Å². The molecule has 0 bridgehead atoms. The highest BCUT2D eigenvalue weighted by Crippen LogP contribution is 2.39. The molecule has 0 atom stereocenters. The molecule has 12 heteroatoms. The summed E-state index contributed by atoms with van der Waals surface area (Å²) in [4.78, 5) is 15.9. The zero-order valence-corrected chi connectivity index (χ0v) is 17.8. The van der Waals surface area contributed by atoms with Crippen LogP contribution in [-0.4, -0.2) is 51.3 Å². The first-order chi connectivity index (χ1) is 13.6. The molecule has 0 saturated heterocycles. The number of carbonyl (C=O) groups excluding carboxylic acids is 1. The van der Waals surface area contributed by atoms with Crippen LogP contribution >= 0.6 is 18.7 Å². The maximum Gasteiger partial charge on any atom is 0.271 e. The van der Waals surface area contributed by atoms with Gasteiger partial charge < -0.3 is 20.4 Å². The predicted molar refractivity (Wildman–Crippen MR) is 111 cm³/mol. The van der Waals surface area contributed by atoms with Gasteiger partial charge >= 0.3 is 0 Å². The lowest BCUT2D eigenvalue weighted by molar-refractivity contribution is 0.0995. The van der Waals surface area contributed by atoms with Crippen molar-refractivity contribution in [2.24, 2.45) is 12.8 Å². The predicted octanol–water partition coefficient (Wildman–Crippen LogP) is 2.02. The molecule has 0 spiro atoms. The number of nitrogens with two attached hydrogens (primary N) is 1. The summed E-state index contributed by atoms with van der Waals surface area (Å²) in [5.74, 6) is -0.356. The number of aromatic nitrogens is 5. The molecule has 10 nitrogen and oxygen atoms in total. The molecule has 152 valence electrons. The second kappa shape index (κ2) is 7.81. The molecule has 3 aromatic heterocycles. The van der Waals surface area contributed by atoms with Gasteiger partial charge in [0.05, 0.1) is 35.7 Å². The molecular weight excluding hydrogens is 417 g/mol. The molecule has 3 aromatic rings. The molecule has 3 rings (SSSR count). The van der Waals surface area contributed by atoms with Crippen molar-refractivity contribution in [2.75, 3.05) is 25.8 Å². The van der Waals surface area contributed by atoms with Gasteiger partial charge in [0.25, 0.3) is 5.91 Å². The van der Waals surface area contributed by atoms with Gasteiger partial charge in [-0.2, -0.15) is 5.10 Å². The molecule has 0 aromatic carbocycles. The minimum Gasteiger partial charge on any atom is -0.494 e. The number of rotatable bonds is 6.